The van der Waals surface area contributed by atoms with Crippen LogP contribution in [-0.4, -0.2) is 83.8 Å². The summed E-state index contributed by atoms with van der Waals surface area (Å²) in [5.41, 5.74) is -1.10. The van der Waals surface area contributed by atoms with Crippen molar-refractivity contribution in [3.05, 3.63) is 68.5 Å². The number of benzene rings is 1. The maximum Gasteiger partial charge on any atom is 0.490 e. The van der Waals surface area contributed by atoms with E-state index in [1.54, 1.807) is 31.3 Å². The first-order valence-corrected chi connectivity index (χ1v) is 16.3. The molecule has 1 fully saturated rings. The van der Waals surface area contributed by atoms with Crippen molar-refractivity contribution >= 4 is 41.1 Å². The second-order valence-electron chi connectivity index (χ2n) is 8.59. The lowest BCUT2D eigenvalue weighted by Gasteiger charge is -2.19. The third-order valence-electron chi connectivity index (χ3n) is 5.54. The van der Waals surface area contributed by atoms with Gasteiger partial charge in [-0.05, 0) is 12.1 Å². The van der Waals surface area contributed by atoms with E-state index in [1.807, 2.05) is 4.98 Å². The third kappa shape index (κ3) is 9.59. The molecule has 1 aromatic heterocycles. The standard InChI is InChI=1S/C20H27N4O16P3/c1-21-13-7-3-2-6-12(13)18(28)22-8-4-5-11-9-24(20(29)23-17(11)27)19-16(26)15(25)14(38-19)10-37-42(33,34)40-43(35,36)39-41(30,31)32/h2-7,9,14-16,19,21,25-26H,8,10H2,1H3,(H,22,28)(H,33,34)(H,35,36)(H,23,27,29)(H2,30,31,32)/b5-4+/t14-,15-,16-,19-/m1/s1. The molecule has 2 aromatic rings. The van der Waals surface area contributed by atoms with Gasteiger partial charge in [0.05, 0.1) is 17.7 Å². The van der Waals surface area contributed by atoms with Gasteiger partial charge in [-0.15, -0.1) is 0 Å². The molecule has 2 unspecified atom stereocenters. The second-order valence-corrected chi connectivity index (χ2v) is 13.0. The Labute approximate surface area is 241 Å². The summed E-state index contributed by atoms with van der Waals surface area (Å²) in [5, 5.41) is 26.2. The number of aliphatic hydroxyl groups excluding tert-OH is 2. The van der Waals surface area contributed by atoms with Gasteiger partial charge in [-0.1, -0.05) is 24.3 Å². The molecule has 23 heteroatoms. The Morgan fingerprint density at radius 3 is 2.40 bits per heavy atom. The van der Waals surface area contributed by atoms with E-state index in [2.05, 4.69) is 23.8 Å². The highest BCUT2D eigenvalue weighted by Gasteiger charge is 2.46. The molecule has 1 aromatic carbocycles. The smallest absolute Gasteiger partial charge is 0.387 e. The Hall–Kier alpha value is -2.80. The van der Waals surface area contributed by atoms with Crippen molar-refractivity contribution in [3.63, 3.8) is 0 Å². The van der Waals surface area contributed by atoms with Crippen LogP contribution in [0.1, 0.15) is 22.1 Å². The number of phosphoric ester groups is 1. The van der Waals surface area contributed by atoms with Crippen LogP contribution in [0.5, 0.6) is 0 Å². The van der Waals surface area contributed by atoms with E-state index in [9.17, 15) is 48.1 Å². The normalized spacial score (nSPS) is 23.5. The molecule has 0 spiro atoms. The highest BCUT2D eigenvalue weighted by molar-refractivity contribution is 7.66. The molecular formula is C20H27N4O16P3. The van der Waals surface area contributed by atoms with Gasteiger partial charge in [0.15, 0.2) is 6.23 Å². The summed E-state index contributed by atoms with van der Waals surface area (Å²) in [4.78, 5) is 75.1. The van der Waals surface area contributed by atoms with E-state index >= 15 is 0 Å². The van der Waals surface area contributed by atoms with Crippen molar-refractivity contribution in [1.29, 1.82) is 0 Å². The van der Waals surface area contributed by atoms with Crippen molar-refractivity contribution < 1.29 is 66.2 Å². The minimum Gasteiger partial charge on any atom is -0.387 e. The number of nitrogens with zero attached hydrogens (tertiary/aromatic N) is 1. The van der Waals surface area contributed by atoms with Crippen LogP contribution in [0.3, 0.4) is 0 Å². The van der Waals surface area contributed by atoms with E-state index < -0.39 is 71.8 Å². The number of carbonyl (C=O) groups is 1. The van der Waals surface area contributed by atoms with Gasteiger partial charge in [0.2, 0.25) is 0 Å². The van der Waals surface area contributed by atoms with Gasteiger partial charge in [0.25, 0.3) is 11.5 Å². The van der Waals surface area contributed by atoms with Crippen molar-refractivity contribution in [1.82, 2.24) is 14.9 Å². The fraction of sp³-hybridized carbons (Fsp3) is 0.350. The number of para-hydroxylation sites is 1. The number of aliphatic hydroxyl groups is 2. The summed E-state index contributed by atoms with van der Waals surface area (Å²) >= 11 is 0. The summed E-state index contributed by atoms with van der Waals surface area (Å²) in [6, 6.07) is 6.72. The Balaban J connectivity index is 1.68. The molecule has 3 rings (SSSR count). The summed E-state index contributed by atoms with van der Waals surface area (Å²) in [7, 11) is -15.4. The summed E-state index contributed by atoms with van der Waals surface area (Å²) < 4.78 is 51.7. The molecule has 20 nitrogen and oxygen atoms in total. The van der Waals surface area contributed by atoms with E-state index in [4.69, 9.17) is 14.5 Å². The van der Waals surface area contributed by atoms with Crippen molar-refractivity contribution in [2.75, 3.05) is 25.5 Å². The van der Waals surface area contributed by atoms with Crippen LogP contribution in [0, 0.1) is 0 Å². The first-order valence-electron chi connectivity index (χ1n) is 11.8. The number of carbonyl (C=O) groups excluding carboxylic acids is 1. The van der Waals surface area contributed by atoms with Crippen LogP contribution >= 0.6 is 23.5 Å². The van der Waals surface area contributed by atoms with Gasteiger partial charge in [0.1, 0.15) is 18.3 Å². The molecule has 1 aliphatic heterocycles. The van der Waals surface area contributed by atoms with Gasteiger partial charge < -0.3 is 45.2 Å². The van der Waals surface area contributed by atoms with Crippen molar-refractivity contribution in [2.24, 2.45) is 0 Å². The Morgan fingerprint density at radius 2 is 1.74 bits per heavy atom. The summed E-state index contributed by atoms with van der Waals surface area (Å²) in [6.07, 6.45) is -3.49. The highest BCUT2D eigenvalue weighted by atomic mass is 31.3. The minimum absolute atomic E-state index is 0.0284. The molecule has 2 heterocycles. The van der Waals surface area contributed by atoms with Crippen LogP contribution < -0.4 is 21.9 Å². The summed E-state index contributed by atoms with van der Waals surface area (Å²) in [5.74, 6) is -0.410. The van der Waals surface area contributed by atoms with Gasteiger partial charge in [-0.3, -0.25) is 23.7 Å². The van der Waals surface area contributed by atoms with Crippen molar-refractivity contribution in [2.45, 2.75) is 24.5 Å². The molecule has 1 aliphatic rings. The Morgan fingerprint density at radius 1 is 1.07 bits per heavy atom. The lowest BCUT2D eigenvalue weighted by atomic mass is 10.1. The molecule has 6 atom stereocenters. The van der Waals surface area contributed by atoms with E-state index in [0.29, 0.717) is 15.8 Å². The molecular weight excluding hydrogens is 645 g/mol. The Bertz CT molecular complexity index is 1620. The molecule has 0 saturated carbocycles. The monoisotopic (exact) mass is 672 g/mol. The van der Waals surface area contributed by atoms with Crippen LogP contribution in [0.2, 0.25) is 0 Å². The van der Waals surface area contributed by atoms with Crippen LogP contribution in [-0.2, 0) is 31.6 Å². The van der Waals surface area contributed by atoms with Crippen molar-refractivity contribution in [3.8, 4) is 0 Å². The fourth-order valence-electron chi connectivity index (χ4n) is 3.71. The molecule has 43 heavy (non-hydrogen) atoms. The lowest BCUT2D eigenvalue weighted by Crippen LogP contribution is -2.38. The average Bonchev–Trinajstić information content (AvgIpc) is 3.17. The predicted octanol–water partition coefficient (Wildman–Crippen LogP) is -1.02. The number of nitrogens with one attached hydrogen (secondary N) is 3. The predicted molar refractivity (Wildman–Crippen MR) is 144 cm³/mol. The molecule has 238 valence electrons. The first kappa shape index (κ1) is 34.7. The van der Waals surface area contributed by atoms with Crippen LogP contribution in [0.15, 0.2) is 46.1 Å². The number of phosphoric acid groups is 3. The quantitative estimate of drug-likeness (QED) is 0.115. The number of rotatable bonds is 13. The van der Waals surface area contributed by atoms with Gasteiger partial charge in [0, 0.05) is 25.5 Å². The zero-order valence-electron chi connectivity index (χ0n) is 21.8. The number of amides is 1. The lowest BCUT2D eigenvalue weighted by molar-refractivity contribution is -0.0542. The number of hydrogen-bond acceptors (Lipinski definition) is 13. The highest BCUT2D eigenvalue weighted by Crippen LogP contribution is 2.66. The van der Waals surface area contributed by atoms with E-state index in [1.165, 1.54) is 12.2 Å². The van der Waals surface area contributed by atoms with E-state index in [0.717, 1.165) is 6.20 Å². The molecule has 0 radical (unpaired) electrons. The third-order valence-corrected chi connectivity index (χ3v) is 9.35. The number of hydrogen-bond donors (Lipinski definition) is 9. The average molecular weight is 672 g/mol. The summed E-state index contributed by atoms with van der Waals surface area (Å²) in [6.45, 7) is -1.14. The number of ether oxygens (including phenoxy) is 1. The molecule has 1 amide bonds. The van der Waals surface area contributed by atoms with Gasteiger partial charge in [-0.25, -0.2) is 18.5 Å². The van der Waals surface area contributed by atoms with Gasteiger partial charge >= 0.3 is 29.2 Å². The second kappa shape index (κ2) is 13.9. The fourth-order valence-corrected chi connectivity index (χ4v) is 6.74. The number of aromatic amines is 1. The Kier molecular flexibility index (Phi) is 11.2. The zero-order valence-corrected chi connectivity index (χ0v) is 24.5. The SMILES string of the molecule is CNc1ccccc1C(=O)NC/C=C/c1cn([C@@H]2O[C@H](COP(=O)(O)OP(=O)(O)OP(=O)(O)O)[C@@H](O)[C@H]2O)c(=O)[nH]c1=O. The molecule has 0 bridgehead atoms. The maximum absolute atomic E-state index is 12.4. The van der Waals surface area contributed by atoms with E-state index in [-0.39, 0.29) is 12.1 Å². The largest absolute Gasteiger partial charge is 0.490 e. The van der Waals surface area contributed by atoms with Gasteiger partial charge in [-0.2, -0.15) is 8.62 Å². The maximum atomic E-state index is 12.4. The number of anilines is 1. The number of H-pyrrole nitrogens is 1. The van der Waals surface area contributed by atoms with Crippen LogP contribution in [0.25, 0.3) is 6.08 Å². The number of aromatic nitrogens is 2. The zero-order chi connectivity index (χ0) is 32.2. The molecule has 1 saturated heterocycles. The molecule has 0 aliphatic carbocycles. The minimum atomic E-state index is -5.80. The van der Waals surface area contributed by atoms with Crippen LogP contribution in [0.4, 0.5) is 5.69 Å². The molecule has 9 N–H and O–H groups in total. The first-order chi connectivity index (χ1) is 19.9. The topological polar surface area (TPSA) is 305 Å².